The average Bonchev–Trinajstić information content (AvgIpc) is 2.65. The van der Waals surface area contributed by atoms with Gasteiger partial charge in [0.2, 0.25) is 5.91 Å². The first-order valence-electron chi connectivity index (χ1n) is 11.3. The summed E-state index contributed by atoms with van der Waals surface area (Å²) in [6, 6.07) is 0. The van der Waals surface area contributed by atoms with E-state index >= 15 is 0 Å². The number of rotatable bonds is 15. The second-order valence-corrected chi connectivity index (χ2v) is 7.78. The van der Waals surface area contributed by atoms with Gasteiger partial charge in [0.25, 0.3) is 0 Å². The van der Waals surface area contributed by atoms with E-state index in [2.05, 4.69) is 24.0 Å². The van der Waals surface area contributed by atoms with Crippen molar-refractivity contribution in [3.05, 3.63) is 12.2 Å². The first-order chi connectivity index (χ1) is 12.3. The summed E-state index contributed by atoms with van der Waals surface area (Å²) >= 11 is 0. The lowest BCUT2D eigenvalue weighted by Gasteiger charge is -2.26. The van der Waals surface area contributed by atoms with Crippen LogP contribution < -0.4 is 0 Å². The van der Waals surface area contributed by atoms with E-state index in [1.807, 2.05) is 0 Å². The minimum atomic E-state index is 0.400. The second kappa shape index (κ2) is 16.7. The molecule has 0 atom stereocenters. The van der Waals surface area contributed by atoms with Crippen molar-refractivity contribution in [1.29, 1.82) is 0 Å². The van der Waals surface area contributed by atoms with Crippen molar-refractivity contribution in [1.82, 2.24) is 4.90 Å². The molecule has 0 aromatic heterocycles. The standard InChI is InChI=1S/C23H43NO/c1-2-3-4-5-6-7-8-9-10-11-12-13-14-15-17-20-23(25)24-21-18-16-19-22-24/h9-10H,2-8,11-22H2,1H3/b10-9+. The van der Waals surface area contributed by atoms with Crippen molar-refractivity contribution in [3.63, 3.8) is 0 Å². The number of amides is 1. The van der Waals surface area contributed by atoms with Crippen LogP contribution in [0.2, 0.25) is 0 Å². The molecule has 1 saturated heterocycles. The summed E-state index contributed by atoms with van der Waals surface area (Å²) in [6.07, 6.45) is 26.4. The molecule has 1 amide bonds. The van der Waals surface area contributed by atoms with Gasteiger partial charge in [-0.05, 0) is 51.4 Å². The maximum atomic E-state index is 12.0. The van der Waals surface area contributed by atoms with Crippen molar-refractivity contribution in [2.75, 3.05) is 13.1 Å². The van der Waals surface area contributed by atoms with E-state index in [4.69, 9.17) is 0 Å². The predicted molar refractivity (Wildman–Crippen MR) is 110 cm³/mol. The fraction of sp³-hybridized carbons (Fsp3) is 0.870. The topological polar surface area (TPSA) is 20.3 Å². The van der Waals surface area contributed by atoms with Gasteiger partial charge < -0.3 is 4.90 Å². The molecule has 0 aliphatic carbocycles. The molecule has 0 unspecified atom stereocenters. The van der Waals surface area contributed by atoms with Crippen LogP contribution in [-0.4, -0.2) is 23.9 Å². The highest BCUT2D eigenvalue weighted by atomic mass is 16.2. The SMILES string of the molecule is CCCCCCCC/C=C/CCCCCCCC(=O)N1CCCCC1. The average molecular weight is 350 g/mol. The molecule has 2 heteroatoms. The van der Waals surface area contributed by atoms with Crippen molar-refractivity contribution in [2.24, 2.45) is 0 Å². The van der Waals surface area contributed by atoms with Gasteiger partial charge in [-0.3, -0.25) is 4.79 Å². The van der Waals surface area contributed by atoms with Gasteiger partial charge in [-0.15, -0.1) is 0 Å². The minimum Gasteiger partial charge on any atom is -0.343 e. The van der Waals surface area contributed by atoms with Crippen LogP contribution in [-0.2, 0) is 4.79 Å². The summed E-state index contributed by atoms with van der Waals surface area (Å²) in [6.45, 7) is 4.28. The molecule has 25 heavy (non-hydrogen) atoms. The monoisotopic (exact) mass is 349 g/mol. The van der Waals surface area contributed by atoms with Crippen molar-refractivity contribution < 1.29 is 4.79 Å². The number of piperidine rings is 1. The van der Waals surface area contributed by atoms with Crippen LogP contribution in [0.4, 0.5) is 0 Å². The Bertz CT molecular complexity index is 331. The van der Waals surface area contributed by atoms with Gasteiger partial charge in [0, 0.05) is 19.5 Å². The van der Waals surface area contributed by atoms with E-state index in [1.54, 1.807) is 0 Å². The Hall–Kier alpha value is -0.790. The molecule has 0 aromatic rings. The zero-order valence-electron chi connectivity index (χ0n) is 16.9. The Labute approximate surface area is 157 Å². The van der Waals surface area contributed by atoms with Crippen LogP contribution in [0.3, 0.4) is 0 Å². The van der Waals surface area contributed by atoms with Gasteiger partial charge in [0.05, 0.1) is 0 Å². The first kappa shape index (κ1) is 22.3. The third-order valence-electron chi connectivity index (χ3n) is 5.36. The summed E-state index contributed by atoms with van der Waals surface area (Å²) in [7, 11) is 0. The van der Waals surface area contributed by atoms with Gasteiger partial charge >= 0.3 is 0 Å². The van der Waals surface area contributed by atoms with Crippen molar-refractivity contribution in [2.45, 2.75) is 116 Å². The molecular formula is C23H43NO. The number of hydrogen-bond donors (Lipinski definition) is 0. The zero-order chi connectivity index (χ0) is 18.0. The molecule has 1 aliphatic rings. The molecule has 1 heterocycles. The highest BCUT2D eigenvalue weighted by Crippen LogP contribution is 2.13. The molecule has 1 aliphatic heterocycles. The lowest BCUT2D eigenvalue weighted by Crippen LogP contribution is -2.35. The fourth-order valence-electron chi connectivity index (χ4n) is 3.65. The highest BCUT2D eigenvalue weighted by Gasteiger charge is 2.15. The van der Waals surface area contributed by atoms with Crippen molar-refractivity contribution in [3.8, 4) is 0 Å². The molecular weight excluding hydrogens is 306 g/mol. The molecule has 2 nitrogen and oxygen atoms in total. The van der Waals surface area contributed by atoms with E-state index in [0.717, 1.165) is 25.9 Å². The quantitative estimate of drug-likeness (QED) is 0.229. The van der Waals surface area contributed by atoms with E-state index in [9.17, 15) is 4.79 Å². The highest BCUT2D eigenvalue weighted by molar-refractivity contribution is 5.76. The Kier molecular flexibility index (Phi) is 14.8. The summed E-state index contributed by atoms with van der Waals surface area (Å²) in [5, 5.41) is 0. The summed E-state index contributed by atoms with van der Waals surface area (Å²) < 4.78 is 0. The Morgan fingerprint density at radius 2 is 1.24 bits per heavy atom. The molecule has 1 fully saturated rings. The Morgan fingerprint density at radius 1 is 0.720 bits per heavy atom. The van der Waals surface area contributed by atoms with Crippen LogP contribution in [0.1, 0.15) is 116 Å². The van der Waals surface area contributed by atoms with E-state index in [0.29, 0.717) is 5.91 Å². The maximum absolute atomic E-state index is 12.0. The summed E-state index contributed by atoms with van der Waals surface area (Å²) in [4.78, 5) is 14.1. The normalized spacial score (nSPS) is 15.2. The maximum Gasteiger partial charge on any atom is 0.222 e. The molecule has 1 rings (SSSR count). The minimum absolute atomic E-state index is 0.400. The third kappa shape index (κ3) is 13.1. The second-order valence-electron chi connectivity index (χ2n) is 7.78. The number of carbonyl (C=O) groups excluding carboxylic acids is 1. The molecule has 0 saturated carbocycles. The van der Waals surface area contributed by atoms with E-state index in [1.165, 1.54) is 96.3 Å². The van der Waals surface area contributed by atoms with Crippen LogP contribution in [0.5, 0.6) is 0 Å². The number of unbranched alkanes of at least 4 members (excludes halogenated alkanes) is 11. The van der Waals surface area contributed by atoms with Gasteiger partial charge in [0.15, 0.2) is 0 Å². The zero-order valence-corrected chi connectivity index (χ0v) is 16.9. The van der Waals surface area contributed by atoms with Crippen LogP contribution >= 0.6 is 0 Å². The Morgan fingerprint density at radius 3 is 1.84 bits per heavy atom. The number of nitrogens with zero attached hydrogens (tertiary/aromatic N) is 1. The van der Waals surface area contributed by atoms with Gasteiger partial charge in [-0.2, -0.15) is 0 Å². The van der Waals surface area contributed by atoms with Crippen LogP contribution in [0.15, 0.2) is 12.2 Å². The van der Waals surface area contributed by atoms with Crippen LogP contribution in [0.25, 0.3) is 0 Å². The van der Waals surface area contributed by atoms with Gasteiger partial charge in [-0.1, -0.05) is 70.4 Å². The number of carbonyl (C=O) groups is 1. The number of likely N-dealkylation sites (tertiary alicyclic amines) is 1. The predicted octanol–water partition coefficient (Wildman–Crippen LogP) is 7.04. The molecule has 146 valence electrons. The van der Waals surface area contributed by atoms with Gasteiger partial charge in [0.1, 0.15) is 0 Å². The largest absolute Gasteiger partial charge is 0.343 e. The molecule has 0 N–H and O–H groups in total. The lowest BCUT2D eigenvalue weighted by atomic mass is 10.1. The molecule has 0 spiro atoms. The summed E-state index contributed by atoms with van der Waals surface area (Å²) in [5.41, 5.74) is 0. The Balaban J connectivity index is 1.79. The van der Waals surface area contributed by atoms with Gasteiger partial charge in [-0.25, -0.2) is 0 Å². The molecule has 0 bridgehead atoms. The molecule has 0 aromatic carbocycles. The van der Waals surface area contributed by atoms with Crippen LogP contribution in [0, 0.1) is 0 Å². The smallest absolute Gasteiger partial charge is 0.222 e. The van der Waals surface area contributed by atoms with E-state index in [-0.39, 0.29) is 0 Å². The summed E-state index contributed by atoms with van der Waals surface area (Å²) in [5.74, 6) is 0.400. The third-order valence-corrected chi connectivity index (χ3v) is 5.36. The number of allylic oxidation sites excluding steroid dienone is 2. The lowest BCUT2D eigenvalue weighted by molar-refractivity contribution is -0.132. The number of hydrogen-bond acceptors (Lipinski definition) is 1. The first-order valence-corrected chi connectivity index (χ1v) is 11.3. The van der Waals surface area contributed by atoms with E-state index < -0.39 is 0 Å². The molecule has 0 radical (unpaired) electrons. The fourth-order valence-corrected chi connectivity index (χ4v) is 3.65. The van der Waals surface area contributed by atoms with Crippen molar-refractivity contribution >= 4 is 5.91 Å².